The molecule has 0 saturated carbocycles. The lowest BCUT2D eigenvalue weighted by Crippen LogP contribution is -1.93. The second-order valence-electron chi connectivity index (χ2n) is 3.07. The first-order valence-electron chi connectivity index (χ1n) is 4.21. The number of aromatic nitrogens is 3. The number of hydrogen-bond acceptors (Lipinski definition) is 3. The summed E-state index contributed by atoms with van der Waals surface area (Å²) in [6, 6.07) is 0. The summed E-state index contributed by atoms with van der Waals surface area (Å²) in [5.74, 6) is 0.871. The number of hydrogen-bond donors (Lipinski definition) is 1. The van der Waals surface area contributed by atoms with E-state index in [4.69, 9.17) is 0 Å². The molecule has 0 atom stereocenters. The summed E-state index contributed by atoms with van der Waals surface area (Å²) in [5, 5.41) is 3.00. The van der Waals surface area contributed by atoms with Crippen molar-refractivity contribution < 1.29 is 0 Å². The molecule has 2 rings (SSSR count). The van der Waals surface area contributed by atoms with E-state index in [1.54, 1.807) is 0 Å². The Labute approximate surface area is 76.6 Å². The molecule has 2 heterocycles. The Morgan fingerprint density at radius 1 is 1.23 bits per heavy atom. The Balaban J connectivity index is 2.75. The fourth-order valence-electron chi connectivity index (χ4n) is 1.42. The normalized spacial score (nSPS) is 10.7. The second kappa shape index (κ2) is 2.73. The van der Waals surface area contributed by atoms with Gasteiger partial charge in [0.1, 0.15) is 5.82 Å². The first-order valence-corrected chi connectivity index (χ1v) is 4.21. The van der Waals surface area contributed by atoms with E-state index in [1.807, 2.05) is 37.7 Å². The summed E-state index contributed by atoms with van der Waals surface area (Å²) in [7, 11) is 1.86. The molecule has 0 aliphatic rings. The maximum Gasteiger partial charge on any atom is 0.160 e. The maximum absolute atomic E-state index is 4.36. The zero-order valence-corrected chi connectivity index (χ0v) is 8.00. The molecular weight excluding hydrogens is 164 g/mol. The van der Waals surface area contributed by atoms with Crippen molar-refractivity contribution >= 4 is 11.5 Å². The number of nitrogens with one attached hydrogen (secondary N) is 1. The van der Waals surface area contributed by atoms with Crippen molar-refractivity contribution in [2.45, 2.75) is 13.8 Å². The lowest BCUT2D eigenvalue weighted by Gasteiger charge is -1.97. The highest BCUT2D eigenvalue weighted by Crippen LogP contribution is 2.11. The highest BCUT2D eigenvalue weighted by atomic mass is 15.1. The number of nitrogens with zero attached hydrogens (tertiary/aromatic N) is 3. The monoisotopic (exact) mass is 176 g/mol. The van der Waals surface area contributed by atoms with E-state index in [-0.39, 0.29) is 0 Å². The van der Waals surface area contributed by atoms with Gasteiger partial charge < -0.3 is 9.72 Å². The van der Waals surface area contributed by atoms with E-state index in [0.29, 0.717) is 0 Å². The van der Waals surface area contributed by atoms with Gasteiger partial charge in [0.2, 0.25) is 0 Å². The van der Waals surface area contributed by atoms with E-state index in [2.05, 4.69) is 15.3 Å². The van der Waals surface area contributed by atoms with Crippen molar-refractivity contribution in [3.63, 3.8) is 0 Å². The smallest absolute Gasteiger partial charge is 0.160 e. The van der Waals surface area contributed by atoms with E-state index in [9.17, 15) is 0 Å². The van der Waals surface area contributed by atoms with Crippen molar-refractivity contribution in [1.82, 2.24) is 14.4 Å². The standard InChI is InChI=1S/C9H12N4/c1-6-4-13-5-8(10-3)12-9(13)7(2)11-6/h4-5,10H,1-3H3. The van der Waals surface area contributed by atoms with Crippen LogP contribution < -0.4 is 5.32 Å². The molecule has 0 radical (unpaired) electrons. The summed E-state index contributed by atoms with van der Waals surface area (Å²) in [6.07, 6.45) is 3.92. The van der Waals surface area contributed by atoms with Crippen LogP contribution in [0.25, 0.3) is 5.65 Å². The molecule has 0 aliphatic heterocycles. The summed E-state index contributed by atoms with van der Waals surface area (Å²) < 4.78 is 1.99. The van der Waals surface area contributed by atoms with Crippen LogP contribution in [0.1, 0.15) is 11.4 Å². The summed E-state index contributed by atoms with van der Waals surface area (Å²) in [6.45, 7) is 3.94. The highest BCUT2D eigenvalue weighted by molar-refractivity contribution is 5.51. The number of imidazole rings is 1. The fourth-order valence-corrected chi connectivity index (χ4v) is 1.42. The summed E-state index contributed by atoms with van der Waals surface area (Å²) >= 11 is 0. The molecular formula is C9H12N4. The first-order chi connectivity index (χ1) is 6.20. The molecule has 2 aromatic heterocycles. The van der Waals surface area contributed by atoms with Crippen LogP contribution in [0.4, 0.5) is 5.82 Å². The van der Waals surface area contributed by atoms with Crippen LogP contribution in [0.2, 0.25) is 0 Å². The Morgan fingerprint density at radius 3 is 2.69 bits per heavy atom. The van der Waals surface area contributed by atoms with Crippen molar-refractivity contribution in [2.24, 2.45) is 0 Å². The molecule has 0 unspecified atom stereocenters. The van der Waals surface area contributed by atoms with E-state index in [1.165, 1.54) is 0 Å². The lowest BCUT2D eigenvalue weighted by molar-refractivity contribution is 1.03. The Kier molecular flexibility index (Phi) is 1.69. The van der Waals surface area contributed by atoms with Gasteiger partial charge in [-0.1, -0.05) is 0 Å². The lowest BCUT2D eigenvalue weighted by atomic mass is 10.4. The van der Waals surface area contributed by atoms with Crippen molar-refractivity contribution in [2.75, 3.05) is 12.4 Å². The van der Waals surface area contributed by atoms with Gasteiger partial charge in [0.15, 0.2) is 5.65 Å². The van der Waals surface area contributed by atoms with Crippen LogP contribution in [0.5, 0.6) is 0 Å². The predicted octanol–water partition coefficient (Wildman–Crippen LogP) is 1.39. The molecule has 0 amide bonds. The molecule has 4 heteroatoms. The second-order valence-corrected chi connectivity index (χ2v) is 3.07. The average Bonchev–Trinajstić information content (AvgIpc) is 2.47. The molecule has 1 N–H and O–H groups in total. The van der Waals surface area contributed by atoms with Gasteiger partial charge in [-0.25, -0.2) is 4.98 Å². The first kappa shape index (κ1) is 8.04. The molecule has 0 bridgehead atoms. The number of anilines is 1. The minimum absolute atomic E-state index is 0.871. The third-order valence-corrected chi connectivity index (χ3v) is 1.98. The summed E-state index contributed by atoms with van der Waals surface area (Å²) in [4.78, 5) is 8.70. The molecule has 0 spiro atoms. The van der Waals surface area contributed by atoms with Gasteiger partial charge in [0.25, 0.3) is 0 Å². The molecule has 0 aliphatic carbocycles. The summed E-state index contributed by atoms with van der Waals surface area (Å²) in [5.41, 5.74) is 2.88. The van der Waals surface area contributed by atoms with E-state index < -0.39 is 0 Å². The zero-order valence-electron chi connectivity index (χ0n) is 8.00. The number of fused-ring (bicyclic) bond motifs is 1. The van der Waals surface area contributed by atoms with Crippen LogP contribution in [-0.4, -0.2) is 21.4 Å². The zero-order chi connectivity index (χ0) is 9.42. The van der Waals surface area contributed by atoms with Gasteiger partial charge in [0.05, 0.1) is 17.6 Å². The van der Waals surface area contributed by atoms with Gasteiger partial charge in [-0.05, 0) is 13.8 Å². The number of aryl methyl sites for hydroxylation is 2. The predicted molar refractivity (Wildman–Crippen MR) is 52.0 cm³/mol. The van der Waals surface area contributed by atoms with E-state index >= 15 is 0 Å². The van der Waals surface area contributed by atoms with Gasteiger partial charge in [-0.3, -0.25) is 4.98 Å². The molecule has 13 heavy (non-hydrogen) atoms. The Morgan fingerprint density at radius 2 is 2.00 bits per heavy atom. The Hall–Kier alpha value is -1.58. The minimum Gasteiger partial charge on any atom is -0.372 e. The molecule has 0 aromatic carbocycles. The van der Waals surface area contributed by atoms with Gasteiger partial charge in [0, 0.05) is 13.2 Å². The number of rotatable bonds is 1. The van der Waals surface area contributed by atoms with Gasteiger partial charge >= 0.3 is 0 Å². The largest absolute Gasteiger partial charge is 0.372 e. The SMILES string of the molecule is CNc1cn2cc(C)nc(C)c2n1. The van der Waals surface area contributed by atoms with Crippen LogP contribution in [0, 0.1) is 13.8 Å². The highest BCUT2D eigenvalue weighted by Gasteiger charge is 2.03. The van der Waals surface area contributed by atoms with Crippen LogP contribution in [0.3, 0.4) is 0 Å². The van der Waals surface area contributed by atoms with E-state index in [0.717, 1.165) is 22.9 Å². The van der Waals surface area contributed by atoms with Crippen LogP contribution >= 0.6 is 0 Å². The third kappa shape index (κ3) is 1.24. The average molecular weight is 176 g/mol. The minimum atomic E-state index is 0.871. The van der Waals surface area contributed by atoms with Gasteiger partial charge in [-0.2, -0.15) is 0 Å². The molecule has 0 saturated heterocycles. The molecule has 68 valence electrons. The third-order valence-electron chi connectivity index (χ3n) is 1.98. The van der Waals surface area contributed by atoms with Gasteiger partial charge in [-0.15, -0.1) is 0 Å². The maximum atomic E-state index is 4.36. The van der Waals surface area contributed by atoms with Crippen molar-refractivity contribution in [3.8, 4) is 0 Å². The fraction of sp³-hybridized carbons (Fsp3) is 0.333. The molecule has 2 aromatic rings. The molecule has 0 fully saturated rings. The topological polar surface area (TPSA) is 42.2 Å². The van der Waals surface area contributed by atoms with Crippen LogP contribution in [0.15, 0.2) is 12.4 Å². The van der Waals surface area contributed by atoms with Crippen molar-refractivity contribution in [3.05, 3.63) is 23.8 Å². The Bertz CT molecular complexity index is 444. The van der Waals surface area contributed by atoms with Crippen molar-refractivity contribution in [1.29, 1.82) is 0 Å². The van der Waals surface area contributed by atoms with Crippen LogP contribution in [-0.2, 0) is 0 Å². The molecule has 4 nitrogen and oxygen atoms in total. The quantitative estimate of drug-likeness (QED) is 0.714.